The van der Waals surface area contributed by atoms with Crippen LogP contribution < -0.4 is 15.8 Å². The number of hydrogen-bond donors (Lipinski definition) is 3. The van der Waals surface area contributed by atoms with Gasteiger partial charge in [-0.05, 0) is 12.1 Å². The topological polar surface area (TPSA) is 131 Å². The highest BCUT2D eigenvalue weighted by molar-refractivity contribution is 6.13. The fraction of sp³-hybridized carbons (Fsp3) is 0.250. The maximum atomic E-state index is 14.1. The molecule has 0 bridgehead atoms. The molecule has 142 valence electrons. The van der Waals surface area contributed by atoms with Gasteiger partial charge >= 0.3 is 6.09 Å². The molecule has 0 saturated carbocycles. The Bertz CT molecular complexity index is 918. The van der Waals surface area contributed by atoms with E-state index in [9.17, 15) is 18.4 Å². The van der Waals surface area contributed by atoms with Gasteiger partial charge in [-0.2, -0.15) is 4.98 Å². The molecule has 1 amide bonds. The van der Waals surface area contributed by atoms with E-state index in [-0.39, 0.29) is 42.2 Å². The Kier molecular flexibility index (Phi) is 4.75. The molecule has 1 aliphatic heterocycles. The van der Waals surface area contributed by atoms with Crippen LogP contribution in [-0.2, 0) is 0 Å². The lowest BCUT2D eigenvalue weighted by Crippen LogP contribution is -2.56. The first-order chi connectivity index (χ1) is 12.8. The molecule has 0 aliphatic carbocycles. The first-order valence-corrected chi connectivity index (χ1v) is 7.75. The highest BCUT2D eigenvalue weighted by Crippen LogP contribution is 2.28. The Hall–Kier alpha value is -3.50. The average Bonchev–Trinajstić information content (AvgIpc) is 2.59. The van der Waals surface area contributed by atoms with Crippen molar-refractivity contribution in [3.63, 3.8) is 0 Å². The van der Waals surface area contributed by atoms with Crippen LogP contribution in [-0.4, -0.2) is 58.1 Å². The van der Waals surface area contributed by atoms with Gasteiger partial charge in [-0.15, -0.1) is 0 Å². The highest BCUT2D eigenvalue weighted by Gasteiger charge is 2.31. The molecule has 2 aromatic rings. The van der Waals surface area contributed by atoms with Gasteiger partial charge in [0.25, 0.3) is 0 Å². The Balaban J connectivity index is 1.81. The van der Waals surface area contributed by atoms with Crippen LogP contribution in [0.4, 0.5) is 25.3 Å². The molecule has 1 saturated heterocycles. The number of ether oxygens (including phenoxy) is 1. The monoisotopic (exact) mass is 379 g/mol. The third-order valence-corrected chi connectivity index (χ3v) is 4.05. The molecule has 3 rings (SSSR count). The van der Waals surface area contributed by atoms with Crippen LogP contribution in [0.25, 0.3) is 0 Å². The van der Waals surface area contributed by atoms with Gasteiger partial charge in [0, 0.05) is 19.3 Å². The van der Waals surface area contributed by atoms with Crippen molar-refractivity contribution in [2.75, 3.05) is 31.2 Å². The zero-order chi connectivity index (χ0) is 19.7. The largest absolute Gasteiger partial charge is 0.496 e. The zero-order valence-electron chi connectivity index (χ0n) is 14.1. The number of anilines is 2. The average molecular weight is 379 g/mol. The second-order valence-corrected chi connectivity index (χ2v) is 5.79. The van der Waals surface area contributed by atoms with E-state index in [1.807, 2.05) is 0 Å². The molecule has 0 radical (unpaired) electrons. The summed E-state index contributed by atoms with van der Waals surface area (Å²) in [7, 11) is 1.22. The highest BCUT2D eigenvalue weighted by atomic mass is 19.2. The summed E-state index contributed by atoms with van der Waals surface area (Å²) in [5, 5.41) is 11.7. The van der Waals surface area contributed by atoms with Crippen LogP contribution in [0.1, 0.15) is 15.9 Å². The normalized spacial score (nSPS) is 13.8. The Morgan fingerprint density at radius 2 is 2.07 bits per heavy atom. The Labute approximate surface area is 151 Å². The smallest absolute Gasteiger partial charge is 0.407 e. The Morgan fingerprint density at radius 1 is 1.37 bits per heavy atom. The van der Waals surface area contributed by atoms with Gasteiger partial charge in [0.1, 0.15) is 17.1 Å². The number of ketones is 1. The van der Waals surface area contributed by atoms with Crippen LogP contribution in [0.5, 0.6) is 5.75 Å². The van der Waals surface area contributed by atoms with Gasteiger partial charge < -0.3 is 25.8 Å². The van der Waals surface area contributed by atoms with Crippen molar-refractivity contribution in [1.82, 2.24) is 14.9 Å². The molecule has 11 heteroatoms. The molecular weight excluding hydrogens is 364 g/mol. The zero-order valence-corrected chi connectivity index (χ0v) is 14.1. The van der Waals surface area contributed by atoms with Crippen LogP contribution >= 0.6 is 0 Å². The fourth-order valence-electron chi connectivity index (χ4n) is 2.60. The standard InChI is InChI=1S/C16H15F2N5O4/c1-27-10-3-2-9(17)12(18)11(10)13(24)8-4-20-15(22-14(8)19)21-7-5-23(6-7)16(25)26/h2-4,7H,5-6H2,1H3,(H,25,26)(H3,19,20,21,22). The third-order valence-electron chi connectivity index (χ3n) is 4.05. The van der Waals surface area contributed by atoms with E-state index < -0.39 is 29.1 Å². The maximum Gasteiger partial charge on any atom is 0.407 e. The number of methoxy groups -OCH3 is 1. The number of nitrogen functional groups attached to an aromatic ring is 1. The number of nitrogens with two attached hydrogens (primary N) is 1. The number of halogens is 2. The minimum atomic E-state index is -1.36. The van der Waals surface area contributed by atoms with Crippen LogP contribution in [0, 0.1) is 11.6 Å². The summed E-state index contributed by atoms with van der Waals surface area (Å²) in [6, 6.07) is 1.78. The second-order valence-electron chi connectivity index (χ2n) is 5.79. The maximum absolute atomic E-state index is 14.1. The summed E-state index contributed by atoms with van der Waals surface area (Å²) >= 11 is 0. The van der Waals surface area contributed by atoms with Crippen molar-refractivity contribution >= 4 is 23.6 Å². The lowest BCUT2D eigenvalue weighted by molar-refractivity contribution is 0.103. The molecule has 0 spiro atoms. The SMILES string of the molecule is COc1ccc(F)c(F)c1C(=O)c1cnc(NC2CN(C(=O)O)C2)nc1N. The fourth-order valence-corrected chi connectivity index (χ4v) is 2.60. The van der Waals surface area contributed by atoms with Crippen molar-refractivity contribution in [2.24, 2.45) is 0 Å². The van der Waals surface area contributed by atoms with Crippen molar-refractivity contribution in [2.45, 2.75) is 6.04 Å². The number of amides is 1. The van der Waals surface area contributed by atoms with Gasteiger partial charge in [0.15, 0.2) is 11.6 Å². The van der Waals surface area contributed by atoms with E-state index >= 15 is 0 Å². The summed E-state index contributed by atoms with van der Waals surface area (Å²) in [4.78, 5) is 32.4. The molecule has 27 heavy (non-hydrogen) atoms. The molecular formula is C16H15F2N5O4. The predicted molar refractivity (Wildman–Crippen MR) is 89.8 cm³/mol. The quantitative estimate of drug-likeness (QED) is 0.664. The van der Waals surface area contributed by atoms with Gasteiger partial charge in [-0.3, -0.25) is 4.79 Å². The van der Waals surface area contributed by atoms with Gasteiger partial charge in [0.2, 0.25) is 11.7 Å². The van der Waals surface area contributed by atoms with Crippen LogP contribution in [0.2, 0.25) is 0 Å². The summed E-state index contributed by atoms with van der Waals surface area (Å²) in [6.07, 6.45) is 0.0604. The summed E-state index contributed by atoms with van der Waals surface area (Å²) in [6.45, 7) is 0.510. The molecule has 0 unspecified atom stereocenters. The molecule has 2 heterocycles. The van der Waals surface area contributed by atoms with Crippen LogP contribution in [0.15, 0.2) is 18.3 Å². The van der Waals surface area contributed by atoms with E-state index in [0.717, 1.165) is 18.3 Å². The number of likely N-dealkylation sites (tertiary alicyclic amines) is 1. The number of carboxylic acid groups (broad SMARTS) is 1. The summed E-state index contributed by atoms with van der Waals surface area (Å²) < 4.78 is 32.5. The second kappa shape index (κ2) is 7.02. The minimum absolute atomic E-state index is 0.0887. The number of nitrogens with zero attached hydrogens (tertiary/aromatic N) is 3. The molecule has 1 aliphatic rings. The van der Waals surface area contributed by atoms with Gasteiger partial charge in [-0.1, -0.05) is 0 Å². The molecule has 1 aromatic carbocycles. The number of nitrogens with one attached hydrogen (secondary N) is 1. The van der Waals surface area contributed by atoms with E-state index in [4.69, 9.17) is 15.6 Å². The van der Waals surface area contributed by atoms with E-state index in [1.165, 1.54) is 12.0 Å². The number of benzene rings is 1. The van der Waals surface area contributed by atoms with E-state index in [1.54, 1.807) is 0 Å². The van der Waals surface area contributed by atoms with Crippen molar-refractivity contribution in [1.29, 1.82) is 0 Å². The first-order valence-electron chi connectivity index (χ1n) is 7.75. The summed E-state index contributed by atoms with van der Waals surface area (Å²) in [5.74, 6) is -3.78. The van der Waals surface area contributed by atoms with E-state index in [0.29, 0.717) is 0 Å². The lowest BCUT2D eigenvalue weighted by Gasteiger charge is -2.37. The molecule has 4 N–H and O–H groups in total. The summed E-state index contributed by atoms with van der Waals surface area (Å²) in [5.41, 5.74) is 4.95. The number of hydrogen-bond acceptors (Lipinski definition) is 7. The number of carbonyl (C=O) groups excluding carboxylic acids is 1. The first kappa shape index (κ1) is 18.3. The number of rotatable bonds is 5. The molecule has 0 atom stereocenters. The van der Waals surface area contributed by atoms with Gasteiger partial charge in [0.05, 0.1) is 18.7 Å². The minimum Gasteiger partial charge on any atom is -0.496 e. The molecule has 1 aromatic heterocycles. The molecule has 1 fully saturated rings. The van der Waals surface area contributed by atoms with E-state index in [2.05, 4.69) is 15.3 Å². The van der Waals surface area contributed by atoms with Crippen LogP contribution in [0.3, 0.4) is 0 Å². The lowest BCUT2D eigenvalue weighted by atomic mass is 10.0. The number of carbonyl (C=O) groups is 2. The number of aromatic nitrogens is 2. The third kappa shape index (κ3) is 3.43. The molecule has 9 nitrogen and oxygen atoms in total. The predicted octanol–water partition coefficient (Wildman–Crippen LogP) is 1.35. The van der Waals surface area contributed by atoms with Crippen molar-refractivity contribution < 1.29 is 28.2 Å². The Morgan fingerprint density at radius 3 is 2.67 bits per heavy atom. The van der Waals surface area contributed by atoms with Crippen molar-refractivity contribution in [3.8, 4) is 5.75 Å². The van der Waals surface area contributed by atoms with Crippen molar-refractivity contribution in [3.05, 3.63) is 41.1 Å². The van der Waals surface area contributed by atoms with Gasteiger partial charge in [-0.25, -0.2) is 18.6 Å².